The zero-order chi connectivity index (χ0) is 20.0. The normalized spacial score (nSPS) is 11.2. The van der Waals surface area contributed by atoms with E-state index in [0.29, 0.717) is 16.6 Å². The zero-order valence-corrected chi connectivity index (χ0v) is 15.3. The topological polar surface area (TPSA) is 75.3 Å². The Morgan fingerprint density at radius 1 is 0.828 bits per heavy atom. The molecule has 0 unspecified atom stereocenters. The number of carboxylic acid groups (broad SMARTS) is 1. The molecule has 2 heterocycles. The highest BCUT2D eigenvalue weighted by atomic mass is 16.4. The van der Waals surface area contributed by atoms with Crippen molar-refractivity contribution in [1.29, 1.82) is 0 Å². The summed E-state index contributed by atoms with van der Waals surface area (Å²) in [7, 11) is 0. The van der Waals surface area contributed by atoms with Gasteiger partial charge in [-0.1, -0.05) is 66.7 Å². The van der Waals surface area contributed by atoms with E-state index in [1.165, 1.54) is 0 Å². The van der Waals surface area contributed by atoms with E-state index in [9.17, 15) is 15.0 Å². The van der Waals surface area contributed by atoms with Crippen LogP contribution in [0.15, 0.2) is 84.9 Å². The molecule has 29 heavy (non-hydrogen) atoms. The van der Waals surface area contributed by atoms with Crippen molar-refractivity contribution in [2.24, 2.45) is 0 Å². The summed E-state index contributed by atoms with van der Waals surface area (Å²) in [4.78, 5) is 16.2. The number of carboxylic acids is 1. The molecule has 5 aromatic rings. The number of rotatable bonds is 3. The van der Waals surface area contributed by atoms with Crippen LogP contribution in [0.25, 0.3) is 38.8 Å². The lowest BCUT2D eigenvalue weighted by atomic mass is 10.1. The first-order valence-electron chi connectivity index (χ1n) is 9.17. The van der Waals surface area contributed by atoms with Gasteiger partial charge in [-0.05, 0) is 18.2 Å². The maximum atomic E-state index is 11.8. The SMILES string of the molecule is O=C(O)c1nc(-c2ccccc2)c2c(c1O)c1ccccc1n2-c1ccccc1. The molecule has 0 aliphatic rings. The molecule has 0 radical (unpaired) electrons. The Balaban J connectivity index is 2.07. The molecule has 5 nitrogen and oxygen atoms in total. The molecule has 0 amide bonds. The molecule has 0 saturated carbocycles. The molecule has 0 bridgehead atoms. The fourth-order valence-corrected chi connectivity index (χ4v) is 3.83. The van der Waals surface area contributed by atoms with Crippen LogP contribution in [0.2, 0.25) is 0 Å². The predicted molar refractivity (Wildman–Crippen MR) is 113 cm³/mol. The highest BCUT2D eigenvalue weighted by molar-refractivity contribution is 6.17. The molecule has 0 aliphatic carbocycles. The molecule has 0 fully saturated rings. The van der Waals surface area contributed by atoms with Crippen LogP contribution in [0, 0.1) is 0 Å². The van der Waals surface area contributed by atoms with E-state index in [0.717, 1.165) is 22.2 Å². The lowest BCUT2D eigenvalue weighted by Crippen LogP contribution is -2.04. The second-order valence-corrected chi connectivity index (χ2v) is 6.74. The zero-order valence-electron chi connectivity index (χ0n) is 15.3. The van der Waals surface area contributed by atoms with Gasteiger partial charge in [0.1, 0.15) is 0 Å². The van der Waals surface area contributed by atoms with Crippen molar-refractivity contribution in [2.75, 3.05) is 0 Å². The molecule has 3 aromatic carbocycles. The number of hydrogen-bond acceptors (Lipinski definition) is 3. The van der Waals surface area contributed by atoms with Crippen molar-refractivity contribution in [3.8, 4) is 22.7 Å². The van der Waals surface area contributed by atoms with E-state index >= 15 is 0 Å². The van der Waals surface area contributed by atoms with Gasteiger partial charge in [0.05, 0.1) is 22.1 Å². The molecule has 0 spiro atoms. The van der Waals surface area contributed by atoms with Crippen LogP contribution >= 0.6 is 0 Å². The first-order valence-corrected chi connectivity index (χ1v) is 9.17. The van der Waals surface area contributed by atoms with E-state index in [1.807, 2.05) is 89.5 Å². The van der Waals surface area contributed by atoms with Crippen LogP contribution in [0.4, 0.5) is 0 Å². The number of carbonyl (C=O) groups is 1. The largest absolute Gasteiger partial charge is 0.505 e. The Labute approximate surface area is 166 Å². The number of nitrogens with zero attached hydrogens (tertiary/aromatic N) is 2. The number of fused-ring (bicyclic) bond motifs is 3. The summed E-state index contributed by atoms with van der Waals surface area (Å²) in [6.45, 7) is 0. The average molecular weight is 380 g/mol. The Bertz CT molecular complexity index is 1370. The van der Waals surface area contributed by atoms with Crippen LogP contribution in [0.3, 0.4) is 0 Å². The summed E-state index contributed by atoms with van der Waals surface area (Å²) in [6, 6.07) is 26.8. The van der Waals surface area contributed by atoms with E-state index < -0.39 is 5.97 Å². The molecule has 0 saturated heterocycles. The minimum atomic E-state index is -1.27. The van der Waals surface area contributed by atoms with Crippen LogP contribution < -0.4 is 0 Å². The van der Waals surface area contributed by atoms with Crippen molar-refractivity contribution in [2.45, 2.75) is 0 Å². The van der Waals surface area contributed by atoms with Gasteiger partial charge in [-0.3, -0.25) is 0 Å². The van der Waals surface area contributed by atoms with Gasteiger partial charge in [0.15, 0.2) is 11.4 Å². The molecule has 0 aliphatic heterocycles. The second kappa shape index (κ2) is 6.49. The minimum Gasteiger partial charge on any atom is -0.505 e. The maximum absolute atomic E-state index is 11.8. The quantitative estimate of drug-likeness (QED) is 0.448. The van der Waals surface area contributed by atoms with Gasteiger partial charge in [-0.15, -0.1) is 0 Å². The molecule has 140 valence electrons. The highest BCUT2D eigenvalue weighted by Gasteiger charge is 2.25. The summed E-state index contributed by atoms with van der Waals surface area (Å²) in [5, 5.41) is 21.8. The number of aromatic carboxylic acids is 1. The lowest BCUT2D eigenvalue weighted by Gasteiger charge is -2.12. The minimum absolute atomic E-state index is 0.321. The predicted octanol–water partition coefficient (Wildman–Crippen LogP) is 5.25. The Morgan fingerprint density at radius 3 is 2.14 bits per heavy atom. The maximum Gasteiger partial charge on any atom is 0.358 e. The van der Waals surface area contributed by atoms with Crippen molar-refractivity contribution in [1.82, 2.24) is 9.55 Å². The monoisotopic (exact) mass is 380 g/mol. The lowest BCUT2D eigenvalue weighted by molar-refractivity contribution is 0.0687. The average Bonchev–Trinajstić information content (AvgIpc) is 3.11. The van der Waals surface area contributed by atoms with Crippen molar-refractivity contribution in [3.05, 3.63) is 90.6 Å². The first-order chi connectivity index (χ1) is 14.2. The number of aromatic hydroxyl groups is 1. The number of hydrogen-bond donors (Lipinski definition) is 2. The van der Waals surface area contributed by atoms with Crippen molar-refractivity contribution in [3.63, 3.8) is 0 Å². The van der Waals surface area contributed by atoms with Gasteiger partial charge in [0.2, 0.25) is 0 Å². The highest BCUT2D eigenvalue weighted by Crippen LogP contribution is 2.42. The van der Waals surface area contributed by atoms with E-state index in [2.05, 4.69) is 4.98 Å². The third-order valence-corrected chi connectivity index (χ3v) is 5.05. The molecule has 5 rings (SSSR count). The molecule has 0 atom stereocenters. The van der Waals surface area contributed by atoms with Gasteiger partial charge < -0.3 is 14.8 Å². The molecular formula is C24H16N2O3. The number of aromatic nitrogens is 2. The van der Waals surface area contributed by atoms with Gasteiger partial charge in [-0.2, -0.15) is 0 Å². The third kappa shape index (κ3) is 2.56. The molecule has 2 N–H and O–H groups in total. The summed E-state index contributed by atoms with van der Waals surface area (Å²) in [5.41, 5.74) is 3.37. The smallest absolute Gasteiger partial charge is 0.358 e. The van der Waals surface area contributed by atoms with Gasteiger partial charge in [0.25, 0.3) is 0 Å². The number of pyridine rings is 1. The van der Waals surface area contributed by atoms with Gasteiger partial charge >= 0.3 is 5.97 Å². The Kier molecular flexibility index (Phi) is 3.81. The summed E-state index contributed by atoms with van der Waals surface area (Å²) >= 11 is 0. The van der Waals surface area contributed by atoms with Crippen LogP contribution in [0.5, 0.6) is 5.75 Å². The molecule has 5 heteroatoms. The summed E-state index contributed by atoms with van der Waals surface area (Å²) in [5.74, 6) is -1.59. The molecule has 2 aromatic heterocycles. The van der Waals surface area contributed by atoms with Crippen molar-refractivity contribution < 1.29 is 15.0 Å². The summed E-state index contributed by atoms with van der Waals surface area (Å²) in [6.07, 6.45) is 0. The van der Waals surface area contributed by atoms with E-state index in [-0.39, 0.29) is 11.4 Å². The molecular weight excluding hydrogens is 364 g/mol. The van der Waals surface area contributed by atoms with Crippen LogP contribution in [0.1, 0.15) is 10.5 Å². The van der Waals surface area contributed by atoms with E-state index in [1.54, 1.807) is 0 Å². The third-order valence-electron chi connectivity index (χ3n) is 5.05. The van der Waals surface area contributed by atoms with Crippen molar-refractivity contribution >= 4 is 27.8 Å². The van der Waals surface area contributed by atoms with E-state index in [4.69, 9.17) is 0 Å². The standard InChI is InChI=1S/C24H16N2O3/c27-23-19-17-13-7-8-14-18(17)26(16-11-5-2-6-12-16)22(19)20(25-21(23)24(28)29)15-9-3-1-4-10-15/h1-14,27H,(H,28,29). The first kappa shape index (κ1) is 17.0. The Morgan fingerprint density at radius 2 is 1.45 bits per heavy atom. The van der Waals surface area contributed by atoms with Gasteiger partial charge in [0, 0.05) is 16.6 Å². The second-order valence-electron chi connectivity index (χ2n) is 6.74. The number of para-hydroxylation sites is 2. The fourth-order valence-electron chi connectivity index (χ4n) is 3.83. The summed E-state index contributed by atoms with van der Waals surface area (Å²) < 4.78 is 2.02. The van der Waals surface area contributed by atoms with Crippen LogP contribution in [-0.4, -0.2) is 25.7 Å². The Hall–Kier alpha value is -4.12. The van der Waals surface area contributed by atoms with Crippen LogP contribution in [-0.2, 0) is 0 Å². The fraction of sp³-hybridized carbons (Fsp3) is 0. The number of benzene rings is 3. The van der Waals surface area contributed by atoms with Gasteiger partial charge in [-0.25, -0.2) is 9.78 Å².